The van der Waals surface area contributed by atoms with Crippen LogP contribution in [0, 0.1) is 0 Å². The monoisotopic (exact) mass is 307 g/mol. The zero-order valence-corrected chi connectivity index (χ0v) is 13.7. The van der Waals surface area contributed by atoms with Gasteiger partial charge in [-0.2, -0.15) is 0 Å². The van der Waals surface area contributed by atoms with Gasteiger partial charge in [0.15, 0.2) is 0 Å². The molecule has 0 saturated carbocycles. The number of carbonyl (C=O) groups is 1. The molecule has 0 unspecified atom stereocenters. The molecule has 2 rings (SSSR count). The van der Waals surface area contributed by atoms with Crippen molar-refractivity contribution < 1.29 is 14.3 Å². The van der Waals surface area contributed by atoms with E-state index in [0.29, 0.717) is 19.8 Å². The fourth-order valence-corrected chi connectivity index (χ4v) is 2.55. The maximum Gasteiger partial charge on any atom is 0.248 e. The highest BCUT2D eigenvalue weighted by Gasteiger charge is 2.22. The Morgan fingerprint density at radius 3 is 2.95 bits per heavy atom. The normalized spacial score (nSPS) is 14.3. The van der Waals surface area contributed by atoms with Crippen molar-refractivity contribution in [2.24, 2.45) is 0 Å². The molecule has 2 heterocycles. The number of fused-ring (bicyclic) bond motifs is 1. The first kappa shape index (κ1) is 16.9. The Balaban J connectivity index is 1.96. The first-order valence-electron chi connectivity index (χ1n) is 7.55. The number of ether oxygens (including phenoxy) is 2. The predicted octanol–water partition coefficient (Wildman–Crippen LogP) is 0.691. The molecule has 0 bridgehead atoms. The van der Waals surface area contributed by atoms with Gasteiger partial charge in [0.1, 0.15) is 6.61 Å². The van der Waals surface area contributed by atoms with E-state index in [9.17, 15) is 4.79 Å². The Hall–Kier alpha value is -1.50. The number of hydrogen-bond donors (Lipinski definition) is 0. The van der Waals surface area contributed by atoms with E-state index in [-0.39, 0.29) is 12.5 Å². The Labute approximate surface area is 132 Å². The summed E-state index contributed by atoms with van der Waals surface area (Å²) in [6.45, 7) is 3.66. The fourth-order valence-electron chi connectivity index (χ4n) is 2.55. The van der Waals surface area contributed by atoms with Gasteiger partial charge in [-0.3, -0.25) is 9.78 Å². The zero-order chi connectivity index (χ0) is 15.9. The summed E-state index contributed by atoms with van der Waals surface area (Å²) in [5.41, 5.74) is 3.53. The maximum absolute atomic E-state index is 11.9. The lowest BCUT2D eigenvalue weighted by Crippen LogP contribution is -2.38. The van der Waals surface area contributed by atoms with Gasteiger partial charge in [0.25, 0.3) is 0 Å². The Bertz CT molecular complexity index is 505. The van der Waals surface area contributed by atoms with Crippen LogP contribution in [-0.2, 0) is 33.8 Å². The molecule has 0 atom stereocenters. The van der Waals surface area contributed by atoms with Gasteiger partial charge in [-0.05, 0) is 37.2 Å². The van der Waals surface area contributed by atoms with Crippen LogP contribution in [0.4, 0.5) is 0 Å². The quantitative estimate of drug-likeness (QED) is 0.694. The highest BCUT2D eigenvalue weighted by Crippen LogP contribution is 2.22. The molecular formula is C16H25N3O3. The molecule has 0 radical (unpaired) electrons. The summed E-state index contributed by atoms with van der Waals surface area (Å²) < 4.78 is 10.6. The van der Waals surface area contributed by atoms with Gasteiger partial charge in [0.05, 0.1) is 13.2 Å². The molecule has 1 aromatic rings. The molecule has 1 aliphatic heterocycles. The van der Waals surface area contributed by atoms with E-state index < -0.39 is 0 Å². The van der Waals surface area contributed by atoms with Crippen LogP contribution in [0.1, 0.15) is 16.7 Å². The molecule has 1 amide bonds. The molecule has 1 aromatic heterocycles. The second-order valence-corrected chi connectivity index (χ2v) is 5.79. The minimum absolute atomic E-state index is 0.0285. The summed E-state index contributed by atoms with van der Waals surface area (Å²) in [5.74, 6) is 0.0285. The third-order valence-corrected chi connectivity index (χ3v) is 3.79. The lowest BCUT2D eigenvalue weighted by molar-refractivity contribution is -0.136. The minimum Gasteiger partial charge on any atom is -0.375 e. The third-order valence-electron chi connectivity index (χ3n) is 3.79. The van der Waals surface area contributed by atoms with Gasteiger partial charge < -0.3 is 19.3 Å². The highest BCUT2D eigenvalue weighted by molar-refractivity contribution is 5.77. The van der Waals surface area contributed by atoms with Crippen molar-refractivity contribution in [1.29, 1.82) is 0 Å². The standard InChI is InChI=1S/C16H25N3O3/c1-18(2)6-7-22-11-14-9-17-8-13-10-19(5-4-15(13)14)16(20)12-21-3/h8-9H,4-7,10-12H2,1-3H3. The molecule has 1 aliphatic rings. The summed E-state index contributed by atoms with van der Waals surface area (Å²) in [4.78, 5) is 20.1. The molecule has 0 N–H and O–H groups in total. The second kappa shape index (κ2) is 8.22. The molecule has 0 fully saturated rings. The largest absolute Gasteiger partial charge is 0.375 e. The highest BCUT2D eigenvalue weighted by atomic mass is 16.5. The molecule has 6 nitrogen and oxygen atoms in total. The first-order chi connectivity index (χ1) is 10.6. The van der Waals surface area contributed by atoms with Crippen LogP contribution < -0.4 is 0 Å². The molecule has 6 heteroatoms. The van der Waals surface area contributed by atoms with Gasteiger partial charge in [0.2, 0.25) is 5.91 Å². The van der Waals surface area contributed by atoms with Crippen LogP contribution in [0.2, 0.25) is 0 Å². The minimum atomic E-state index is 0.0285. The molecule has 0 spiro atoms. The molecule has 122 valence electrons. The van der Waals surface area contributed by atoms with Crippen LogP contribution in [0.3, 0.4) is 0 Å². The van der Waals surface area contributed by atoms with E-state index in [1.54, 1.807) is 7.11 Å². The Morgan fingerprint density at radius 2 is 2.23 bits per heavy atom. The van der Waals surface area contributed by atoms with E-state index in [1.165, 1.54) is 5.56 Å². The van der Waals surface area contributed by atoms with Gasteiger partial charge in [-0.15, -0.1) is 0 Å². The zero-order valence-electron chi connectivity index (χ0n) is 13.7. The van der Waals surface area contributed by atoms with Gasteiger partial charge in [0, 0.05) is 39.1 Å². The molecule has 22 heavy (non-hydrogen) atoms. The summed E-state index contributed by atoms with van der Waals surface area (Å²) in [5, 5.41) is 0. The van der Waals surface area contributed by atoms with Crippen LogP contribution >= 0.6 is 0 Å². The SMILES string of the molecule is COCC(=O)N1CCc2c(COCCN(C)C)cncc2C1. The third kappa shape index (κ3) is 4.50. The molecule has 0 saturated heterocycles. The fraction of sp³-hybridized carbons (Fsp3) is 0.625. The molecular weight excluding hydrogens is 282 g/mol. The van der Waals surface area contributed by atoms with Crippen LogP contribution in [-0.4, -0.2) is 68.2 Å². The number of aromatic nitrogens is 1. The van der Waals surface area contributed by atoms with Gasteiger partial charge in [-0.25, -0.2) is 0 Å². The van der Waals surface area contributed by atoms with Crippen LogP contribution in [0.5, 0.6) is 0 Å². The van der Waals surface area contributed by atoms with Crippen molar-refractivity contribution in [2.45, 2.75) is 19.6 Å². The predicted molar refractivity (Wildman–Crippen MR) is 83.4 cm³/mol. The lowest BCUT2D eigenvalue weighted by Gasteiger charge is -2.29. The van der Waals surface area contributed by atoms with Crippen LogP contribution in [0.25, 0.3) is 0 Å². The Kier molecular flexibility index (Phi) is 6.30. The van der Waals surface area contributed by atoms with E-state index in [4.69, 9.17) is 9.47 Å². The maximum atomic E-state index is 11.9. The average molecular weight is 307 g/mol. The van der Waals surface area contributed by atoms with Crippen molar-refractivity contribution in [3.63, 3.8) is 0 Å². The van der Waals surface area contributed by atoms with Crippen molar-refractivity contribution in [3.8, 4) is 0 Å². The number of amides is 1. The summed E-state index contributed by atoms with van der Waals surface area (Å²) in [6.07, 6.45) is 4.58. The lowest BCUT2D eigenvalue weighted by atomic mass is 9.97. The number of pyridine rings is 1. The average Bonchev–Trinajstić information content (AvgIpc) is 2.51. The van der Waals surface area contributed by atoms with E-state index >= 15 is 0 Å². The second-order valence-electron chi connectivity index (χ2n) is 5.79. The number of rotatable bonds is 7. The smallest absolute Gasteiger partial charge is 0.248 e. The van der Waals surface area contributed by atoms with Crippen molar-refractivity contribution >= 4 is 5.91 Å². The van der Waals surface area contributed by atoms with E-state index in [1.807, 2.05) is 31.4 Å². The summed E-state index contributed by atoms with van der Waals surface area (Å²) >= 11 is 0. The molecule has 0 aliphatic carbocycles. The number of carbonyl (C=O) groups excluding carboxylic acids is 1. The topological polar surface area (TPSA) is 54.9 Å². The number of hydrogen-bond acceptors (Lipinski definition) is 5. The van der Waals surface area contributed by atoms with Gasteiger partial charge >= 0.3 is 0 Å². The van der Waals surface area contributed by atoms with Crippen molar-refractivity contribution in [1.82, 2.24) is 14.8 Å². The Morgan fingerprint density at radius 1 is 1.41 bits per heavy atom. The van der Waals surface area contributed by atoms with Crippen LogP contribution in [0.15, 0.2) is 12.4 Å². The van der Waals surface area contributed by atoms with Gasteiger partial charge in [-0.1, -0.05) is 0 Å². The summed E-state index contributed by atoms with van der Waals surface area (Å²) in [7, 11) is 5.60. The van der Waals surface area contributed by atoms with E-state index in [0.717, 1.165) is 30.6 Å². The van der Waals surface area contributed by atoms with Crippen molar-refractivity contribution in [3.05, 3.63) is 29.1 Å². The van der Waals surface area contributed by atoms with E-state index in [2.05, 4.69) is 9.88 Å². The summed E-state index contributed by atoms with van der Waals surface area (Å²) in [6, 6.07) is 0. The number of methoxy groups -OCH3 is 1. The number of likely N-dealkylation sites (N-methyl/N-ethyl adjacent to an activating group) is 1. The van der Waals surface area contributed by atoms with Crippen molar-refractivity contribution in [2.75, 3.05) is 47.5 Å². The molecule has 0 aromatic carbocycles. The number of nitrogens with zero attached hydrogens (tertiary/aromatic N) is 3. The first-order valence-corrected chi connectivity index (χ1v) is 7.55.